The second kappa shape index (κ2) is 8.70. The Morgan fingerprint density at radius 3 is 2.81 bits per heavy atom. The highest BCUT2D eigenvalue weighted by molar-refractivity contribution is 7.09. The fourth-order valence-corrected chi connectivity index (χ4v) is 4.62. The number of nitrogens with zero attached hydrogens (tertiary/aromatic N) is 3. The van der Waals surface area contributed by atoms with E-state index in [4.69, 9.17) is 21.1 Å². The van der Waals surface area contributed by atoms with Crippen LogP contribution in [0.3, 0.4) is 0 Å². The molecule has 10 heteroatoms. The largest absolute Gasteiger partial charge is 0.492 e. The number of aromatic carboxylic acids is 1. The van der Waals surface area contributed by atoms with Gasteiger partial charge in [-0.15, -0.1) is 11.3 Å². The van der Waals surface area contributed by atoms with Crippen LogP contribution in [0.5, 0.6) is 5.75 Å². The minimum atomic E-state index is -1.27. The van der Waals surface area contributed by atoms with Gasteiger partial charge in [0.1, 0.15) is 16.3 Å². The van der Waals surface area contributed by atoms with Gasteiger partial charge in [0.25, 0.3) is 0 Å². The highest BCUT2D eigenvalue weighted by atomic mass is 35.5. The van der Waals surface area contributed by atoms with Crippen LogP contribution in [0.1, 0.15) is 28.0 Å². The molecule has 0 fully saturated rings. The van der Waals surface area contributed by atoms with E-state index in [0.29, 0.717) is 35.2 Å². The molecule has 0 saturated heterocycles. The van der Waals surface area contributed by atoms with Crippen LogP contribution in [0.2, 0.25) is 5.02 Å². The molecule has 162 valence electrons. The zero-order valence-electron chi connectivity index (χ0n) is 16.9. The lowest BCUT2D eigenvalue weighted by Crippen LogP contribution is -2.36. The number of pyridine rings is 1. The summed E-state index contributed by atoms with van der Waals surface area (Å²) < 4.78 is 12.6. The van der Waals surface area contributed by atoms with Crippen molar-refractivity contribution in [3.8, 4) is 17.0 Å². The van der Waals surface area contributed by atoms with E-state index in [0.717, 1.165) is 17.1 Å². The number of hydrogen-bond donors (Lipinski definition) is 1. The second-order valence-electron chi connectivity index (χ2n) is 7.00. The Morgan fingerprint density at radius 2 is 2.13 bits per heavy atom. The summed E-state index contributed by atoms with van der Waals surface area (Å²) >= 11 is 7.93. The summed E-state index contributed by atoms with van der Waals surface area (Å²) in [4.78, 5) is 30.5. The van der Waals surface area contributed by atoms with E-state index in [1.165, 1.54) is 23.6 Å². The molecule has 0 spiro atoms. The molecular formula is C21H20ClN3O5S. The minimum absolute atomic E-state index is 0.300. The fraction of sp³-hybridized carbons (Fsp3) is 0.286. The number of hydrogen-bond acceptors (Lipinski definition) is 7. The van der Waals surface area contributed by atoms with Gasteiger partial charge in [-0.2, -0.15) is 0 Å². The molecule has 31 heavy (non-hydrogen) atoms. The number of carbonyl (C=O) groups is 1. The first kappa shape index (κ1) is 21.4. The lowest BCUT2D eigenvalue weighted by atomic mass is 10.0. The van der Waals surface area contributed by atoms with Crippen molar-refractivity contribution >= 4 is 34.6 Å². The molecule has 1 N–H and O–H groups in total. The third-order valence-electron chi connectivity index (χ3n) is 5.07. The maximum absolute atomic E-state index is 12.5. The number of thiazole rings is 1. The van der Waals surface area contributed by atoms with Gasteiger partial charge in [0.15, 0.2) is 11.6 Å². The molecule has 3 heterocycles. The zero-order chi connectivity index (χ0) is 22.1. The minimum Gasteiger partial charge on any atom is -0.492 e. The molecule has 1 aliphatic heterocycles. The summed E-state index contributed by atoms with van der Waals surface area (Å²) in [6, 6.07) is 4.92. The van der Waals surface area contributed by atoms with Gasteiger partial charge in [-0.25, -0.2) is 9.78 Å². The third kappa shape index (κ3) is 3.91. The summed E-state index contributed by atoms with van der Waals surface area (Å²) in [5.74, 6) is -0.747. The molecule has 1 atom stereocenters. The van der Waals surface area contributed by atoms with Gasteiger partial charge in [0.2, 0.25) is 0 Å². The molecular weight excluding hydrogens is 442 g/mol. The van der Waals surface area contributed by atoms with E-state index in [2.05, 4.69) is 4.98 Å². The van der Waals surface area contributed by atoms with Crippen molar-refractivity contribution in [2.75, 3.05) is 32.3 Å². The number of ether oxygens (including phenoxy) is 2. The molecule has 3 aromatic rings. The summed E-state index contributed by atoms with van der Waals surface area (Å²) in [7, 11) is 3.52. The Morgan fingerprint density at radius 1 is 1.32 bits per heavy atom. The van der Waals surface area contributed by atoms with Gasteiger partial charge in [-0.05, 0) is 6.07 Å². The topological polar surface area (TPSA) is 93.9 Å². The summed E-state index contributed by atoms with van der Waals surface area (Å²) in [5, 5.41) is 12.5. The normalized spacial score (nSPS) is 14.8. The van der Waals surface area contributed by atoms with Gasteiger partial charge in [-0.3, -0.25) is 4.79 Å². The van der Waals surface area contributed by atoms with Gasteiger partial charge < -0.3 is 24.0 Å². The molecule has 0 amide bonds. The molecule has 0 bridgehead atoms. The van der Waals surface area contributed by atoms with Gasteiger partial charge in [-0.1, -0.05) is 11.6 Å². The van der Waals surface area contributed by atoms with Crippen molar-refractivity contribution in [2.24, 2.45) is 0 Å². The molecule has 1 unspecified atom stereocenters. The Bertz CT molecular complexity index is 1180. The monoisotopic (exact) mass is 461 g/mol. The Hall–Kier alpha value is -2.88. The Kier molecular flexibility index (Phi) is 5.99. The van der Waals surface area contributed by atoms with E-state index < -0.39 is 17.6 Å². The molecule has 0 aliphatic carbocycles. The van der Waals surface area contributed by atoms with Crippen LogP contribution in [-0.4, -0.2) is 48.0 Å². The standard InChI is InChI=1S/C21H20ClN3O5S/c1-24-15-10-18(30-6-3-5-29-2)14(22)8-12(15)16-9-17(26)13(21(27)28)11-25(16)20(24)19-23-4-7-31-19/h4,7-11,20H,3,5-6H2,1-2H3,(H,27,28). The van der Waals surface area contributed by atoms with E-state index in [9.17, 15) is 14.7 Å². The van der Waals surface area contributed by atoms with Crippen molar-refractivity contribution in [3.05, 3.63) is 61.8 Å². The number of carboxylic acid groups (broad SMARTS) is 1. The highest BCUT2D eigenvalue weighted by Gasteiger charge is 2.33. The first-order valence-electron chi connectivity index (χ1n) is 9.49. The van der Waals surface area contributed by atoms with Crippen molar-refractivity contribution in [3.63, 3.8) is 0 Å². The maximum atomic E-state index is 12.5. The smallest absolute Gasteiger partial charge is 0.341 e. The van der Waals surface area contributed by atoms with Gasteiger partial charge >= 0.3 is 5.97 Å². The molecule has 2 aromatic heterocycles. The van der Waals surface area contributed by atoms with Crippen LogP contribution in [0.25, 0.3) is 11.3 Å². The van der Waals surface area contributed by atoms with Crippen molar-refractivity contribution < 1.29 is 19.4 Å². The van der Waals surface area contributed by atoms with Crippen LogP contribution in [0.15, 0.2) is 40.8 Å². The van der Waals surface area contributed by atoms with Gasteiger partial charge in [0.05, 0.1) is 23.0 Å². The molecule has 1 aromatic carbocycles. The van der Waals surface area contributed by atoms with E-state index >= 15 is 0 Å². The van der Waals surface area contributed by atoms with Crippen molar-refractivity contribution in [2.45, 2.75) is 12.6 Å². The predicted molar refractivity (Wildman–Crippen MR) is 119 cm³/mol. The number of rotatable bonds is 7. The SMILES string of the molecule is COCCCOc1cc2c(cc1Cl)-c1cc(=O)c(C(=O)O)cn1C(c1nccs1)N2C. The van der Waals surface area contributed by atoms with Crippen molar-refractivity contribution in [1.82, 2.24) is 9.55 Å². The summed E-state index contributed by atoms with van der Waals surface area (Å²) in [5.41, 5.74) is 1.21. The number of aromatic nitrogens is 2. The first-order valence-corrected chi connectivity index (χ1v) is 10.8. The molecule has 0 saturated carbocycles. The number of fused-ring (bicyclic) bond motifs is 3. The van der Waals surface area contributed by atoms with E-state index in [1.54, 1.807) is 23.9 Å². The molecule has 0 radical (unpaired) electrons. The molecule has 8 nitrogen and oxygen atoms in total. The number of halogens is 1. The first-order chi connectivity index (χ1) is 14.9. The van der Waals surface area contributed by atoms with Crippen LogP contribution in [-0.2, 0) is 4.74 Å². The van der Waals surface area contributed by atoms with E-state index in [1.807, 2.05) is 23.4 Å². The lowest BCUT2D eigenvalue weighted by molar-refractivity contribution is 0.0694. The van der Waals surface area contributed by atoms with Crippen LogP contribution < -0.4 is 15.1 Å². The highest BCUT2D eigenvalue weighted by Crippen LogP contribution is 2.46. The zero-order valence-corrected chi connectivity index (χ0v) is 18.4. The fourth-order valence-electron chi connectivity index (χ4n) is 3.63. The number of carboxylic acids is 1. The average Bonchev–Trinajstić information content (AvgIpc) is 3.26. The number of benzene rings is 1. The van der Waals surface area contributed by atoms with Crippen molar-refractivity contribution in [1.29, 1.82) is 0 Å². The number of methoxy groups -OCH3 is 1. The Labute approximate surface area is 187 Å². The van der Waals surface area contributed by atoms with Crippen LogP contribution in [0.4, 0.5) is 5.69 Å². The van der Waals surface area contributed by atoms with Crippen LogP contribution in [0, 0.1) is 0 Å². The maximum Gasteiger partial charge on any atom is 0.341 e. The number of anilines is 1. The third-order valence-corrected chi connectivity index (χ3v) is 6.18. The summed E-state index contributed by atoms with van der Waals surface area (Å²) in [6.07, 6.45) is 3.35. The van der Waals surface area contributed by atoms with Crippen LogP contribution >= 0.6 is 22.9 Å². The quantitative estimate of drug-likeness (QED) is 0.535. The summed E-state index contributed by atoms with van der Waals surface area (Å²) in [6.45, 7) is 1.03. The predicted octanol–water partition coefficient (Wildman–Crippen LogP) is 3.74. The Balaban J connectivity index is 1.87. The lowest BCUT2D eigenvalue weighted by Gasteiger charge is -2.38. The van der Waals surface area contributed by atoms with Gasteiger partial charge in [0, 0.05) is 62.7 Å². The molecule has 4 rings (SSSR count). The van der Waals surface area contributed by atoms with E-state index in [-0.39, 0.29) is 5.56 Å². The average molecular weight is 462 g/mol. The molecule has 1 aliphatic rings. The second-order valence-corrected chi connectivity index (χ2v) is 8.33.